The van der Waals surface area contributed by atoms with Gasteiger partial charge in [-0.25, -0.2) is 0 Å². The van der Waals surface area contributed by atoms with Crippen LogP contribution in [0.4, 0.5) is 5.82 Å². The van der Waals surface area contributed by atoms with Crippen molar-refractivity contribution in [2.24, 2.45) is 11.7 Å². The normalized spacial score (nSPS) is 13.7. The highest BCUT2D eigenvalue weighted by Gasteiger charge is 2.25. The zero-order chi connectivity index (χ0) is 17.5. The molecule has 0 aliphatic rings. The topological polar surface area (TPSA) is 110 Å². The Morgan fingerprint density at radius 2 is 2.04 bits per heavy atom. The Bertz CT molecular complexity index is 533. The second-order valence-electron chi connectivity index (χ2n) is 6.27. The number of nitrogens with one attached hydrogen (secondary N) is 2. The summed E-state index contributed by atoms with van der Waals surface area (Å²) in [6, 6.07) is 1.63. The third-order valence-corrected chi connectivity index (χ3v) is 4.04. The lowest BCUT2D eigenvalue weighted by Gasteiger charge is -2.31. The van der Waals surface area contributed by atoms with Crippen LogP contribution in [0.1, 0.15) is 33.0 Å². The zero-order valence-electron chi connectivity index (χ0n) is 14.1. The number of anilines is 1. The van der Waals surface area contributed by atoms with E-state index in [9.17, 15) is 9.59 Å². The molecule has 23 heavy (non-hydrogen) atoms. The van der Waals surface area contributed by atoms with Crippen molar-refractivity contribution in [3.8, 4) is 0 Å². The van der Waals surface area contributed by atoms with Crippen LogP contribution in [0.25, 0.3) is 0 Å². The maximum Gasteiger partial charge on any atom is 0.235 e. The summed E-state index contributed by atoms with van der Waals surface area (Å²) in [5.74, 6) is 1.48. The lowest BCUT2D eigenvalue weighted by molar-refractivity contribution is -0.120. The molecule has 0 spiro atoms. The van der Waals surface area contributed by atoms with E-state index in [1.165, 1.54) is 11.8 Å². The van der Waals surface area contributed by atoms with Crippen LogP contribution in [0.15, 0.2) is 10.6 Å². The highest BCUT2D eigenvalue weighted by Crippen LogP contribution is 2.15. The standard InChI is InChI=1S/C15H26N4O3S/c1-10(2)6-15(4,9-16)18-14(21)8-23-7-13(20)17-12-5-11(3)22-19-12/h5,10H,6-9,16H2,1-4H3,(H,18,21)(H,17,19,20). The van der Waals surface area contributed by atoms with E-state index in [0.717, 1.165) is 6.42 Å². The van der Waals surface area contributed by atoms with E-state index in [4.69, 9.17) is 10.3 Å². The molecule has 7 nitrogen and oxygen atoms in total. The molecule has 0 aliphatic heterocycles. The number of aromatic nitrogens is 1. The smallest absolute Gasteiger partial charge is 0.235 e. The summed E-state index contributed by atoms with van der Waals surface area (Å²) in [6.07, 6.45) is 0.811. The van der Waals surface area contributed by atoms with Gasteiger partial charge in [0.25, 0.3) is 0 Å². The number of hydrogen-bond donors (Lipinski definition) is 3. The summed E-state index contributed by atoms with van der Waals surface area (Å²) < 4.78 is 4.86. The van der Waals surface area contributed by atoms with Gasteiger partial charge in [0, 0.05) is 18.2 Å². The number of carbonyl (C=O) groups is 2. The monoisotopic (exact) mass is 342 g/mol. The average molecular weight is 342 g/mol. The van der Waals surface area contributed by atoms with Crippen LogP contribution in [-0.2, 0) is 9.59 Å². The molecular weight excluding hydrogens is 316 g/mol. The molecule has 0 aliphatic carbocycles. The number of carbonyl (C=O) groups excluding carboxylic acids is 2. The van der Waals surface area contributed by atoms with Gasteiger partial charge in [-0.2, -0.15) is 0 Å². The first-order valence-corrected chi connectivity index (χ1v) is 8.71. The number of amides is 2. The summed E-state index contributed by atoms with van der Waals surface area (Å²) in [5.41, 5.74) is 5.36. The van der Waals surface area contributed by atoms with Crippen LogP contribution in [-0.4, -0.2) is 40.6 Å². The second-order valence-corrected chi connectivity index (χ2v) is 7.26. The molecule has 0 fully saturated rings. The minimum Gasteiger partial charge on any atom is -0.360 e. The Morgan fingerprint density at radius 1 is 1.39 bits per heavy atom. The highest BCUT2D eigenvalue weighted by molar-refractivity contribution is 8.00. The second kappa shape index (κ2) is 8.93. The fraction of sp³-hybridized carbons (Fsp3) is 0.667. The van der Waals surface area contributed by atoms with Gasteiger partial charge in [-0.3, -0.25) is 9.59 Å². The van der Waals surface area contributed by atoms with Gasteiger partial charge in [-0.05, 0) is 26.2 Å². The molecule has 1 rings (SSSR count). The van der Waals surface area contributed by atoms with Crippen LogP contribution in [0.5, 0.6) is 0 Å². The lowest BCUT2D eigenvalue weighted by atomic mass is 9.91. The van der Waals surface area contributed by atoms with E-state index >= 15 is 0 Å². The van der Waals surface area contributed by atoms with Crippen LogP contribution >= 0.6 is 11.8 Å². The Kier molecular flexibility index (Phi) is 7.57. The summed E-state index contributed by atoms with van der Waals surface area (Å²) >= 11 is 1.24. The van der Waals surface area contributed by atoms with E-state index in [2.05, 4.69) is 29.6 Å². The molecule has 1 aromatic heterocycles. The van der Waals surface area contributed by atoms with Gasteiger partial charge < -0.3 is 20.9 Å². The predicted molar refractivity (Wildman–Crippen MR) is 92.3 cm³/mol. The van der Waals surface area contributed by atoms with Crippen molar-refractivity contribution in [3.63, 3.8) is 0 Å². The molecule has 0 bridgehead atoms. The molecule has 130 valence electrons. The SMILES string of the molecule is Cc1cc(NC(=O)CSCC(=O)NC(C)(CN)CC(C)C)no1. The number of hydrogen-bond acceptors (Lipinski definition) is 6. The molecule has 1 atom stereocenters. The third kappa shape index (κ3) is 7.51. The van der Waals surface area contributed by atoms with Crippen molar-refractivity contribution in [3.05, 3.63) is 11.8 Å². The molecule has 0 radical (unpaired) electrons. The van der Waals surface area contributed by atoms with Crippen LogP contribution in [0.2, 0.25) is 0 Å². The van der Waals surface area contributed by atoms with Crippen molar-refractivity contribution in [2.75, 3.05) is 23.4 Å². The fourth-order valence-electron chi connectivity index (χ4n) is 2.30. The van der Waals surface area contributed by atoms with Crippen molar-refractivity contribution >= 4 is 29.4 Å². The molecule has 1 heterocycles. The highest BCUT2D eigenvalue weighted by atomic mass is 32.2. The van der Waals surface area contributed by atoms with Crippen LogP contribution < -0.4 is 16.4 Å². The number of aryl methyl sites for hydroxylation is 1. The molecular formula is C15H26N4O3S. The Morgan fingerprint density at radius 3 is 2.57 bits per heavy atom. The van der Waals surface area contributed by atoms with E-state index in [1.807, 2.05) is 6.92 Å². The van der Waals surface area contributed by atoms with Gasteiger partial charge >= 0.3 is 0 Å². The predicted octanol–water partition coefficient (Wildman–Crippen LogP) is 1.53. The van der Waals surface area contributed by atoms with Gasteiger partial charge in [0.15, 0.2) is 5.82 Å². The van der Waals surface area contributed by atoms with Gasteiger partial charge in [0.05, 0.1) is 11.5 Å². The summed E-state index contributed by atoms with van der Waals surface area (Å²) in [5, 5.41) is 9.24. The quantitative estimate of drug-likeness (QED) is 0.628. The lowest BCUT2D eigenvalue weighted by Crippen LogP contribution is -2.52. The van der Waals surface area contributed by atoms with E-state index in [-0.39, 0.29) is 23.3 Å². The first-order chi connectivity index (χ1) is 10.7. The Labute approximate surface area is 141 Å². The van der Waals surface area contributed by atoms with Gasteiger partial charge in [-0.1, -0.05) is 19.0 Å². The van der Waals surface area contributed by atoms with Gasteiger partial charge in [0.2, 0.25) is 11.8 Å². The fourth-order valence-corrected chi connectivity index (χ4v) is 2.92. The molecule has 2 amide bonds. The molecule has 1 aromatic rings. The number of thioether (sulfide) groups is 1. The average Bonchev–Trinajstić information content (AvgIpc) is 2.82. The van der Waals surface area contributed by atoms with E-state index in [1.54, 1.807) is 13.0 Å². The largest absolute Gasteiger partial charge is 0.360 e. The first kappa shape index (κ1) is 19.5. The minimum atomic E-state index is -0.410. The Balaban J connectivity index is 2.31. The number of rotatable bonds is 9. The minimum absolute atomic E-state index is 0.117. The molecule has 1 unspecified atom stereocenters. The van der Waals surface area contributed by atoms with Crippen molar-refractivity contribution < 1.29 is 14.1 Å². The van der Waals surface area contributed by atoms with Crippen molar-refractivity contribution in [2.45, 2.75) is 39.7 Å². The number of nitrogens with two attached hydrogens (primary N) is 1. The summed E-state index contributed by atoms with van der Waals surface area (Å²) in [6.45, 7) is 8.24. The number of nitrogens with zero attached hydrogens (tertiary/aromatic N) is 1. The van der Waals surface area contributed by atoms with Crippen LogP contribution in [0.3, 0.4) is 0 Å². The first-order valence-electron chi connectivity index (χ1n) is 7.56. The van der Waals surface area contributed by atoms with Crippen LogP contribution in [0, 0.1) is 12.8 Å². The molecule has 0 saturated heterocycles. The van der Waals surface area contributed by atoms with E-state index in [0.29, 0.717) is 24.0 Å². The summed E-state index contributed by atoms with van der Waals surface area (Å²) in [4.78, 5) is 23.7. The zero-order valence-corrected chi connectivity index (χ0v) is 15.0. The maximum absolute atomic E-state index is 12.0. The summed E-state index contributed by atoms with van der Waals surface area (Å²) in [7, 11) is 0. The third-order valence-electron chi connectivity index (χ3n) is 3.11. The molecule has 8 heteroatoms. The van der Waals surface area contributed by atoms with Crippen molar-refractivity contribution in [1.82, 2.24) is 10.5 Å². The van der Waals surface area contributed by atoms with Gasteiger partial charge in [-0.15, -0.1) is 11.8 Å². The van der Waals surface area contributed by atoms with Gasteiger partial charge in [0.1, 0.15) is 5.76 Å². The molecule has 0 saturated carbocycles. The maximum atomic E-state index is 12.0. The van der Waals surface area contributed by atoms with Crippen molar-refractivity contribution in [1.29, 1.82) is 0 Å². The molecule has 0 aromatic carbocycles. The Hall–Kier alpha value is -1.54. The molecule has 4 N–H and O–H groups in total. The van der Waals surface area contributed by atoms with E-state index < -0.39 is 5.54 Å².